The maximum Gasteiger partial charge on any atom is -0.0238 e. The molecule has 0 spiro atoms. The molecule has 0 unspecified atom stereocenters. The van der Waals surface area contributed by atoms with E-state index in [1.54, 1.807) is 0 Å². The molecule has 0 amide bonds. The summed E-state index contributed by atoms with van der Waals surface area (Å²) in [6, 6.07) is 18.2. The van der Waals surface area contributed by atoms with Gasteiger partial charge >= 0.3 is 0 Å². The fourth-order valence-corrected chi connectivity index (χ4v) is 2.32. The fourth-order valence-electron chi connectivity index (χ4n) is 2.32. The molecule has 0 heteroatoms. The van der Waals surface area contributed by atoms with E-state index in [1.165, 1.54) is 22.3 Å². The Balaban J connectivity index is 0.000000461. The van der Waals surface area contributed by atoms with Gasteiger partial charge in [0.2, 0.25) is 0 Å². The highest BCUT2D eigenvalue weighted by Crippen LogP contribution is 2.14. The molecule has 0 saturated carbocycles. The standard InChI is InChI=1S/C16H16.C2H6.C2H4/c1-2-14-4-3-13(1)9-10-15-5-7-16(8-6-15)12-11-14;2*1-2/h1-8H,9-12H2;1-2H3;1-2H2. The average molecular weight is 266 g/mol. The Morgan fingerprint density at radius 3 is 0.800 bits per heavy atom. The van der Waals surface area contributed by atoms with Gasteiger partial charge in [-0.2, -0.15) is 0 Å². The SMILES string of the molecule is C=C.CC.c1cc2ccc1CCc1ccc(cc1)CC2. The predicted octanol–water partition coefficient (Wildman–Crippen LogP) is 5.40. The van der Waals surface area contributed by atoms with Gasteiger partial charge in [0, 0.05) is 0 Å². The molecule has 0 heterocycles. The lowest BCUT2D eigenvalue weighted by molar-refractivity contribution is 0.921. The third-order valence-electron chi connectivity index (χ3n) is 3.45. The summed E-state index contributed by atoms with van der Waals surface area (Å²) < 4.78 is 0. The number of hydrogen-bond donors (Lipinski definition) is 0. The quantitative estimate of drug-likeness (QED) is 0.560. The van der Waals surface area contributed by atoms with Crippen LogP contribution in [0.15, 0.2) is 61.7 Å². The van der Waals surface area contributed by atoms with Crippen molar-refractivity contribution in [2.75, 3.05) is 0 Å². The zero-order valence-corrected chi connectivity index (χ0v) is 12.9. The van der Waals surface area contributed by atoms with E-state index in [0.29, 0.717) is 0 Å². The van der Waals surface area contributed by atoms with E-state index >= 15 is 0 Å². The van der Waals surface area contributed by atoms with Crippen molar-refractivity contribution in [2.24, 2.45) is 0 Å². The van der Waals surface area contributed by atoms with Crippen LogP contribution in [0.5, 0.6) is 0 Å². The Labute approximate surface area is 124 Å². The van der Waals surface area contributed by atoms with Crippen molar-refractivity contribution in [3.63, 3.8) is 0 Å². The molecule has 4 aliphatic rings. The first-order valence-corrected chi connectivity index (χ1v) is 7.56. The molecule has 0 aliphatic heterocycles. The topological polar surface area (TPSA) is 0 Å². The summed E-state index contributed by atoms with van der Waals surface area (Å²) in [6.07, 6.45) is 4.61. The van der Waals surface area contributed by atoms with Crippen molar-refractivity contribution >= 4 is 0 Å². The molecule has 0 N–H and O–H groups in total. The number of rotatable bonds is 0. The highest BCUT2D eigenvalue weighted by molar-refractivity contribution is 5.29. The minimum atomic E-state index is 1.15. The molecule has 0 nitrogen and oxygen atoms in total. The molecule has 0 radical (unpaired) electrons. The van der Waals surface area contributed by atoms with Crippen molar-refractivity contribution in [1.82, 2.24) is 0 Å². The monoisotopic (exact) mass is 266 g/mol. The first-order chi connectivity index (χ1) is 9.90. The van der Waals surface area contributed by atoms with Crippen molar-refractivity contribution in [3.05, 3.63) is 83.9 Å². The minimum Gasteiger partial charge on any atom is -0.106 e. The van der Waals surface area contributed by atoms with E-state index in [-0.39, 0.29) is 0 Å². The summed E-state index contributed by atoms with van der Waals surface area (Å²) in [5.41, 5.74) is 5.81. The van der Waals surface area contributed by atoms with Gasteiger partial charge in [0.05, 0.1) is 0 Å². The number of benzene rings is 2. The maximum atomic E-state index is 3.00. The van der Waals surface area contributed by atoms with Crippen LogP contribution >= 0.6 is 0 Å². The van der Waals surface area contributed by atoms with E-state index in [9.17, 15) is 0 Å². The van der Waals surface area contributed by atoms with Crippen LogP contribution in [0, 0.1) is 0 Å². The first-order valence-electron chi connectivity index (χ1n) is 7.56. The summed E-state index contributed by atoms with van der Waals surface area (Å²) in [5, 5.41) is 0. The Hall–Kier alpha value is -1.82. The molecule has 0 fully saturated rings. The molecule has 106 valence electrons. The highest BCUT2D eigenvalue weighted by Gasteiger charge is 2.01. The van der Waals surface area contributed by atoms with E-state index in [4.69, 9.17) is 0 Å². The van der Waals surface area contributed by atoms with Gasteiger partial charge in [0.15, 0.2) is 0 Å². The fraction of sp³-hybridized carbons (Fsp3) is 0.300. The summed E-state index contributed by atoms with van der Waals surface area (Å²) in [5.74, 6) is 0. The van der Waals surface area contributed by atoms with Crippen LogP contribution in [0.1, 0.15) is 36.1 Å². The second kappa shape index (κ2) is 9.14. The van der Waals surface area contributed by atoms with Gasteiger partial charge in [0.25, 0.3) is 0 Å². The van der Waals surface area contributed by atoms with Crippen molar-refractivity contribution < 1.29 is 0 Å². The summed E-state index contributed by atoms with van der Waals surface area (Å²) in [4.78, 5) is 0. The molecule has 0 aromatic heterocycles. The molecule has 4 bridgehead atoms. The molecule has 2 aromatic carbocycles. The minimum absolute atomic E-state index is 1.15. The lowest BCUT2D eigenvalue weighted by atomic mass is 9.97. The van der Waals surface area contributed by atoms with E-state index in [2.05, 4.69) is 61.7 Å². The van der Waals surface area contributed by atoms with Gasteiger partial charge < -0.3 is 0 Å². The molecule has 20 heavy (non-hydrogen) atoms. The van der Waals surface area contributed by atoms with Gasteiger partial charge in [0.1, 0.15) is 0 Å². The molecule has 6 rings (SSSR count). The van der Waals surface area contributed by atoms with Crippen LogP contribution in [-0.4, -0.2) is 0 Å². The summed E-state index contributed by atoms with van der Waals surface area (Å²) in [6.45, 7) is 10.0. The van der Waals surface area contributed by atoms with Gasteiger partial charge in [-0.15, -0.1) is 13.2 Å². The van der Waals surface area contributed by atoms with Crippen LogP contribution in [0.3, 0.4) is 0 Å². The first kappa shape index (κ1) is 16.2. The Morgan fingerprint density at radius 2 is 0.650 bits per heavy atom. The zero-order valence-electron chi connectivity index (χ0n) is 12.9. The Bertz CT molecular complexity index is 383. The van der Waals surface area contributed by atoms with E-state index in [0.717, 1.165) is 25.7 Å². The highest BCUT2D eigenvalue weighted by atomic mass is 14.1. The molecular formula is C20H26. The average Bonchev–Trinajstić information content (AvgIpc) is 2.54. The number of aryl methyl sites for hydroxylation is 4. The predicted molar refractivity (Wildman–Crippen MR) is 90.3 cm³/mol. The van der Waals surface area contributed by atoms with Crippen LogP contribution in [0.25, 0.3) is 0 Å². The third kappa shape index (κ3) is 4.70. The van der Waals surface area contributed by atoms with Gasteiger partial charge in [-0.25, -0.2) is 0 Å². The van der Waals surface area contributed by atoms with Crippen molar-refractivity contribution in [3.8, 4) is 0 Å². The van der Waals surface area contributed by atoms with Gasteiger partial charge in [-0.1, -0.05) is 62.4 Å². The van der Waals surface area contributed by atoms with E-state index in [1.807, 2.05) is 13.8 Å². The third-order valence-corrected chi connectivity index (χ3v) is 3.45. The van der Waals surface area contributed by atoms with Crippen LogP contribution in [-0.2, 0) is 25.7 Å². The van der Waals surface area contributed by atoms with Crippen LogP contribution in [0.2, 0.25) is 0 Å². The number of hydrogen-bond acceptors (Lipinski definition) is 0. The summed E-state index contributed by atoms with van der Waals surface area (Å²) >= 11 is 0. The maximum absolute atomic E-state index is 3.00. The Morgan fingerprint density at radius 1 is 0.500 bits per heavy atom. The molecule has 4 aliphatic carbocycles. The second-order valence-corrected chi connectivity index (χ2v) is 4.63. The molecule has 0 saturated heterocycles. The Kier molecular flexibility index (Phi) is 7.42. The second-order valence-electron chi connectivity index (χ2n) is 4.63. The zero-order chi connectivity index (χ0) is 14.8. The molecule has 2 aromatic rings. The smallest absolute Gasteiger partial charge is 0.0238 e. The molecule has 0 atom stereocenters. The van der Waals surface area contributed by atoms with Gasteiger partial charge in [-0.05, 0) is 47.9 Å². The van der Waals surface area contributed by atoms with E-state index < -0.39 is 0 Å². The normalized spacial score (nSPS) is 12.1. The lowest BCUT2D eigenvalue weighted by Gasteiger charge is -2.09. The molecular weight excluding hydrogens is 240 g/mol. The lowest BCUT2D eigenvalue weighted by Crippen LogP contribution is -1.97. The van der Waals surface area contributed by atoms with Crippen LogP contribution < -0.4 is 0 Å². The largest absolute Gasteiger partial charge is 0.106 e. The van der Waals surface area contributed by atoms with Crippen molar-refractivity contribution in [2.45, 2.75) is 39.5 Å². The van der Waals surface area contributed by atoms with Crippen LogP contribution in [0.4, 0.5) is 0 Å². The van der Waals surface area contributed by atoms with Gasteiger partial charge in [-0.3, -0.25) is 0 Å². The summed E-state index contributed by atoms with van der Waals surface area (Å²) in [7, 11) is 0. The van der Waals surface area contributed by atoms with Crippen molar-refractivity contribution in [1.29, 1.82) is 0 Å².